The van der Waals surface area contributed by atoms with Gasteiger partial charge in [0.1, 0.15) is 11.6 Å². The van der Waals surface area contributed by atoms with Crippen LogP contribution in [-0.4, -0.2) is 36.1 Å². The SMILES string of the molecule is c1ccc([Si](c2ccccc2)(c2cccc(-c3cc(-n4c5ccccc5c5ccccc54)nc(-n4c5ccccc5c5ccccc54)c3)c2)c2cccc(-n3c4ccccc4n4c5ccccc5nc34)c2)cc1. The first-order valence-corrected chi connectivity index (χ1v) is 26.9. The maximum absolute atomic E-state index is 5.67. The molecule has 0 fully saturated rings. The molecule has 6 nitrogen and oxygen atoms in total. The van der Waals surface area contributed by atoms with E-state index in [1.54, 1.807) is 0 Å². The molecule has 7 heteroatoms. The Morgan fingerprint density at radius 3 is 1.25 bits per heavy atom. The fourth-order valence-electron chi connectivity index (χ4n) is 12.0. The number of fused-ring (bicyclic) bond motifs is 11. The number of rotatable bonds is 8. The van der Waals surface area contributed by atoms with Crippen LogP contribution in [0.25, 0.3) is 99.9 Å². The van der Waals surface area contributed by atoms with Crippen molar-refractivity contribution < 1.29 is 0 Å². The monoisotopic (exact) mass is 948 g/mol. The van der Waals surface area contributed by atoms with Crippen LogP contribution in [0.1, 0.15) is 0 Å². The van der Waals surface area contributed by atoms with E-state index in [1.807, 2.05) is 0 Å². The Bertz CT molecular complexity index is 4360. The average Bonchev–Trinajstić information content (AvgIpc) is 4.20. The van der Waals surface area contributed by atoms with Crippen LogP contribution in [0.5, 0.6) is 0 Å². The van der Waals surface area contributed by atoms with Crippen molar-refractivity contribution >= 4 is 100 Å². The summed E-state index contributed by atoms with van der Waals surface area (Å²) in [6.45, 7) is 0. The molecule has 10 aromatic carbocycles. The van der Waals surface area contributed by atoms with Crippen molar-refractivity contribution in [2.45, 2.75) is 0 Å². The predicted octanol–water partition coefficient (Wildman–Crippen LogP) is 13.1. The van der Waals surface area contributed by atoms with Gasteiger partial charge in [0.2, 0.25) is 5.78 Å². The Balaban J connectivity index is 1.00. The fourth-order valence-corrected chi connectivity index (χ4v) is 16.8. The van der Waals surface area contributed by atoms with Crippen LogP contribution in [0.2, 0.25) is 0 Å². The Kier molecular flexibility index (Phi) is 9.18. The van der Waals surface area contributed by atoms with Crippen LogP contribution in [-0.2, 0) is 0 Å². The minimum atomic E-state index is -3.12. The van der Waals surface area contributed by atoms with Gasteiger partial charge >= 0.3 is 0 Å². The van der Waals surface area contributed by atoms with Gasteiger partial charge in [0.05, 0.1) is 44.1 Å². The first kappa shape index (κ1) is 41.2. The summed E-state index contributed by atoms with van der Waals surface area (Å²) < 4.78 is 9.33. The highest BCUT2D eigenvalue weighted by atomic mass is 28.3. The molecule has 5 heterocycles. The number of para-hydroxylation sites is 8. The lowest BCUT2D eigenvalue weighted by Crippen LogP contribution is -2.74. The smallest absolute Gasteiger partial charge is 0.220 e. The highest BCUT2D eigenvalue weighted by molar-refractivity contribution is 7.20. The second kappa shape index (κ2) is 16.2. The molecule has 0 N–H and O–H groups in total. The molecule has 15 rings (SSSR count). The van der Waals surface area contributed by atoms with E-state index in [4.69, 9.17) is 9.97 Å². The quantitative estimate of drug-likeness (QED) is 0.113. The lowest BCUT2D eigenvalue weighted by Gasteiger charge is -2.35. The zero-order valence-corrected chi connectivity index (χ0v) is 40.6. The van der Waals surface area contributed by atoms with Crippen molar-refractivity contribution in [1.29, 1.82) is 0 Å². The summed E-state index contributed by atoms with van der Waals surface area (Å²) in [6, 6.07) is 97.6. The number of pyridine rings is 1. The van der Waals surface area contributed by atoms with E-state index in [9.17, 15) is 0 Å². The molecule has 0 saturated heterocycles. The Labute approximate surface area is 421 Å². The molecule has 0 bridgehead atoms. The summed E-state index contributed by atoms with van der Waals surface area (Å²) in [5, 5.41) is 9.95. The third-order valence-electron chi connectivity index (χ3n) is 15.1. The molecule has 0 atom stereocenters. The molecule has 0 aliphatic heterocycles. The van der Waals surface area contributed by atoms with Gasteiger partial charge in [-0.3, -0.25) is 18.1 Å². The summed E-state index contributed by atoms with van der Waals surface area (Å²) in [4.78, 5) is 11.0. The summed E-state index contributed by atoms with van der Waals surface area (Å²) in [7, 11) is -3.12. The molecule has 0 saturated carbocycles. The van der Waals surface area contributed by atoms with Crippen molar-refractivity contribution in [3.63, 3.8) is 0 Å². The molecule has 342 valence electrons. The summed E-state index contributed by atoms with van der Waals surface area (Å²) in [5.41, 5.74) is 12.0. The largest absolute Gasteiger partial charge is 0.294 e. The van der Waals surface area contributed by atoms with Gasteiger partial charge in [0.25, 0.3) is 0 Å². The van der Waals surface area contributed by atoms with Crippen LogP contribution in [0.4, 0.5) is 0 Å². The van der Waals surface area contributed by atoms with Gasteiger partial charge in [-0.1, -0.05) is 194 Å². The van der Waals surface area contributed by atoms with Gasteiger partial charge in [-0.25, -0.2) is 9.97 Å². The molecular weight excluding hydrogens is 905 g/mol. The second-order valence-electron chi connectivity index (χ2n) is 19.0. The standard InChI is InChI=1S/C66H44N6Si/c1-3-23-48(24-4-1)73(49-25-5-2-6-26-49,51-28-20-22-47(44-51)69-62-39-17-18-40-63(62)72-61-38-16-11-33-56(61)67-66(69)72)50-27-19-21-45(41-50)46-42-64(70-57-34-12-7-29-52(57)53-30-8-13-35-58(53)70)68-65(43-46)71-59-36-14-9-31-54(59)55-32-10-15-37-60(55)71/h1-44H. The normalized spacial score (nSPS) is 12.1. The first-order valence-electron chi connectivity index (χ1n) is 24.9. The number of imidazole rings is 2. The molecule has 0 unspecified atom stereocenters. The molecule has 0 spiro atoms. The van der Waals surface area contributed by atoms with Gasteiger partial charge in [0, 0.05) is 27.2 Å². The second-order valence-corrected chi connectivity index (χ2v) is 22.8. The van der Waals surface area contributed by atoms with E-state index in [1.165, 1.54) is 42.3 Å². The lowest BCUT2D eigenvalue weighted by molar-refractivity contribution is 1.01. The number of hydrogen-bond donors (Lipinski definition) is 0. The highest BCUT2D eigenvalue weighted by Gasteiger charge is 2.42. The molecule has 73 heavy (non-hydrogen) atoms. The van der Waals surface area contributed by atoms with Gasteiger partial charge in [-0.05, 0) is 105 Å². The average molecular weight is 949 g/mol. The van der Waals surface area contributed by atoms with E-state index in [-0.39, 0.29) is 0 Å². The highest BCUT2D eigenvalue weighted by Crippen LogP contribution is 2.37. The third-order valence-corrected chi connectivity index (χ3v) is 19.9. The summed E-state index contributed by atoms with van der Waals surface area (Å²) in [6.07, 6.45) is 0. The Hall–Kier alpha value is -9.56. The van der Waals surface area contributed by atoms with Gasteiger partial charge in [0.15, 0.2) is 8.07 Å². The first-order chi connectivity index (χ1) is 36.2. The molecule has 0 aliphatic carbocycles. The van der Waals surface area contributed by atoms with E-state index in [2.05, 4.69) is 285 Å². The maximum Gasteiger partial charge on any atom is 0.220 e. The van der Waals surface area contributed by atoms with Crippen LogP contribution >= 0.6 is 0 Å². The zero-order chi connectivity index (χ0) is 48.0. The number of benzene rings is 10. The minimum absolute atomic E-state index is 0.858. The van der Waals surface area contributed by atoms with Crippen molar-refractivity contribution in [2.24, 2.45) is 0 Å². The van der Waals surface area contributed by atoms with E-state index >= 15 is 0 Å². The van der Waals surface area contributed by atoms with Crippen LogP contribution < -0.4 is 20.7 Å². The van der Waals surface area contributed by atoms with Gasteiger partial charge < -0.3 is 0 Å². The Morgan fingerprint density at radius 2 is 0.699 bits per heavy atom. The summed E-state index contributed by atoms with van der Waals surface area (Å²) >= 11 is 0. The van der Waals surface area contributed by atoms with Crippen molar-refractivity contribution in [3.05, 3.63) is 267 Å². The van der Waals surface area contributed by atoms with Crippen molar-refractivity contribution in [3.8, 4) is 28.5 Å². The number of aromatic nitrogens is 6. The number of nitrogens with zero attached hydrogens (tertiary/aromatic N) is 6. The minimum Gasteiger partial charge on any atom is -0.294 e. The van der Waals surface area contributed by atoms with E-state index in [0.29, 0.717) is 0 Å². The van der Waals surface area contributed by atoms with Gasteiger partial charge in [-0.2, -0.15) is 0 Å². The lowest BCUT2D eigenvalue weighted by atomic mass is 10.1. The van der Waals surface area contributed by atoms with Crippen LogP contribution in [0.3, 0.4) is 0 Å². The van der Waals surface area contributed by atoms with Crippen molar-refractivity contribution in [1.82, 2.24) is 28.1 Å². The zero-order valence-electron chi connectivity index (χ0n) is 39.6. The molecule has 5 aromatic heterocycles. The van der Waals surface area contributed by atoms with E-state index in [0.717, 1.165) is 78.4 Å². The van der Waals surface area contributed by atoms with E-state index < -0.39 is 8.07 Å². The van der Waals surface area contributed by atoms with Crippen molar-refractivity contribution in [2.75, 3.05) is 0 Å². The number of hydrogen-bond acceptors (Lipinski definition) is 2. The van der Waals surface area contributed by atoms with Gasteiger partial charge in [-0.15, -0.1) is 0 Å². The maximum atomic E-state index is 5.67. The molecule has 0 aliphatic rings. The fraction of sp³-hybridized carbons (Fsp3) is 0. The molecular formula is C66H44N6Si. The van der Waals surface area contributed by atoms with Crippen LogP contribution in [0, 0.1) is 0 Å². The molecule has 0 amide bonds. The topological polar surface area (TPSA) is 45.0 Å². The summed E-state index contributed by atoms with van der Waals surface area (Å²) in [5.74, 6) is 2.61. The Morgan fingerprint density at radius 1 is 0.274 bits per heavy atom. The molecule has 0 radical (unpaired) electrons. The van der Waals surface area contributed by atoms with Crippen LogP contribution in [0.15, 0.2) is 267 Å². The third kappa shape index (κ3) is 6.16. The predicted molar refractivity (Wildman–Crippen MR) is 305 cm³/mol. The molecule has 15 aromatic rings.